The predicted octanol–water partition coefficient (Wildman–Crippen LogP) is 3.31. The smallest absolute Gasteiger partial charge is 0.100 e. The molecule has 0 aromatic rings. The molecule has 0 heterocycles. The second kappa shape index (κ2) is 3.12. The van der Waals surface area contributed by atoms with Gasteiger partial charge in [0.25, 0.3) is 0 Å². The van der Waals surface area contributed by atoms with Gasteiger partial charge in [-0.1, -0.05) is 25.7 Å². The minimum absolute atomic E-state index is 0.464. The lowest BCUT2D eigenvalue weighted by atomic mass is 9.70. The molecule has 2 aliphatic carbocycles. The minimum Gasteiger partial charge on any atom is -0.247 e. The van der Waals surface area contributed by atoms with E-state index >= 15 is 0 Å². The molecule has 0 N–H and O–H groups in total. The SMILES string of the molecule is FC1CC[C@@H]2CCCC[C@H]2C1. The maximum absolute atomic E-state index is 13.0. The van der Waals surface area contributed by atoms with E-state index in [4.69, 9.17) is 0 Å². The van der Waals surface area contributed by atoms with E-state index in [1.807, 2.05) is 0 Å². The predicted molar refractivity (Wildman–Crippen MR) is 44.2 cm³/mol. The van der Waals surface area contributed by atoms with Crippen molar-refractivity contribution in [2.45, 2.75) is 51.1 Å². The van der Waals surface area contributed by atoms with Gasteiger partial charge in [0.05, 0.1) is 0 Å². The summed E-state index contributed by atoms with van der Waals surface area (Å²) in [6, 6.07) is 0. The van der Waals surface area contributed by atoms with E-state index in [-0.39, 0.29) is 0 Å². The molecule has 2 aliphatic rings. The first kappa shape index (κ1) is 7.57. The van der Waals surface area contributed by atoms with Crippen molar-refractivity contribution in [1.82, 2.24) is 0 Å². The zero-order valence-electron chi connectivity index (χ0n) is 7.06. The number of hydrogen-bond donors (Lipinski definition) is 0. The van der Waals surface area contributed by atoms with E-state index in [1.54, 1.807) is 0 Å². The quantitative estimate of drug-likeness (QED) is 0.504. The molecule has 0 aromatic heterocycles. The summed E-state index contributed by atoms with van der Waals surface area (Å²) in [6.07, 6.45) is 7.89. The second-order valence-electron chi connectivity index (χ2n) is 4.21. The van der Waals surface area contributed by atoms with Gasteiger partial charge in [-0.05, 0) is 31.1 Å². The van der Waals surface area contributed by atoms with Gasteiger partial charge in [-0.3, -0.25) is 0 Å². The monoisotopic (exact) mass is 156 g/mol. The lowest BCUT2D eigenvalue weighted by Crippen LogP contribution is -2.28. The normalized spacial score (nSPS) is 45.0. The van der Waals surface area contributed by atoms with Crippen LogP contribution in [0.25, 0.3) is 0 Å². The summed E-state index contributed by atoms with van der Waals surface area (Å²) < 4.78 is 13.0. The molecule has 0 spiro atoms. The first-order valence-electron chi connectivity index (χ1n) is 5.00. The average molecular weight is 156 g/mol. The lowest BCUT2D eigenvalue weighted by Gasteiger charge is -2.36. The van der Waals surface area contributed by atoms with Gasteiger partial charge in [0, 0.05) is 0 Å². The Bertz CT molecular complexity index is 133. The summed E-state index contributed by atoms with van der Waals surface area (Å²) in [6.45, 7) is 0. The first-order valence-corrected chi connectivity index (χ1v) is 5.00. The molecule has 0 radical (unpaired) electrons. The summed E-state index contributed by atoms with van der Waals surface area (Å²) in [5, 5.41) is 0. The zero-order chi connectivity index (χ0) is 7.68. The van der Waals surface area contributed by atoms with Crippen LogP contribution < -0.4 is 0 Å². The summed E-state index contributed by atoms with van der Waals surface area (Å²) in [4.78, 5) is 0. The standard InChI is InChI=1S/C10H17F/c11-10-6-5-8-3-1-2-4-9(8)7-10/h8-10H,1-7H2/t8-,9-,10?/m0/s1. The van der Waals surface area contributed by atoms with Crippen LogP contribution in [0.4, 0.5) is 4.39 Å². The van der Waals surface area contributed by atoms with E-state index in [0.29, 0.717) is 0 Å². The van der Waals surface area contributed by atoms with E-state index in [0.717, 1.165) is 24.7 Å². The summed E-state index contributed by atoms with van der Waals surface area (Å²) in [5.41, 5.74) is 0. The van der Waals surface area contributed by atoms with Crippen molar-refractivity contribution in [3.05, 3.63) is 0 Å². The largest absolute Gasteiger partial charge is 0.247 e. The van der Waals surface area contributed by atoms with E-state index in [2.05, 4.69) is 0 Å². The van der Waals surface area contributed by atoms with Gasteiger partial charge in [0.15, 0.2) is 0 Å². The van der Waals surface area contributed by atoms with Gasteiger partial charge in [0.2, 0.25) is 0 Å². The van der Waals surface area contributed by atoms with Crippen molar-refractivity contribution in [3.63, 3.8) is 0 Å². The number of fused-ring (bicyclic) bond motifs is 1. The molecule has 11 heavy (non-hydrogen) atoms. The van der Waals surface area contributed by atoms with Crippen LogP contribution in [0, 0.1) is 11.8 Å². The molecule has 0 nitrogen and oxygen atoms in total. The minimum atomic E-state index is -0.464. The van der Waals surface area contributed by atoms with Crippen LogP contribution in [0.3, 0.4) is 0 Å². The molecule has 2 fully saturated rings. The van der Waals surface area contributed by atoms with Crippen molar-refractivity contribution in [2.75, 3.05) is 0 Å². The lowest BCUT2D eigenvalue weighted by molar-refractivity contribution is 0.104. The van der Waals surface area contributed by atoms with Crippen LogP contribution in [0.5, 0.6) is 0 Å². The first-order chi connectivity index (χ1) is 5.36. The van der Waals surface area contributed by atoms with Crippen LogP contribution in [0.15, 0.2) is 0 Å². The Morgan fingerprint density at radius 2 is 1.55 bits per heavy atom. The van der Waals surface area contributed by atoms with Crippen molar-refractivity contribution in [3.8, 4) is 0 Å². The Hall–Kier alpha value is -0.0700. The highest BCUT2D eigenvalue weighted by molar-refractivity contribution is 4.82. The second-order valence-corrected chi connectivity index (χ2v) is 4.21. The Morgan fingerprint density at radius 3 is 2.36 bits per heavy atom. The molecule has 0 aromatic carbocycles. The molecule has 0 amide bonds. The maximum Gasteiger partial charge on any atom is 0.100 e. The number of hydrogen-bond acceptors (Lipinski definition) is 0. The maximum atomic E-state index is 13.0. The topological polar surface area (TPSA) is 0 Å². The molecule has 3 atom stereocenters. The molecule has 64 valence electrons. The highest BCUT2D eigenvalue weighted by Gasteiger charge is 2.31. The van der Waals surface area contributed by atoms with Crippen molar-refractivity contribution < 1.29 is 4.39 Å². The highest BCUT2D eigenvalue weighted by atomic mass is 19.1. The highest BCUT2D eigenvalue weighted by Crippen LogP contribution is 2.41. The third-order valence-electron chi connectivity index (χ3n) is 3.48. The molecule has 0 saturated heterocycles. The Balaban J connectivity index is 1.93. The van der Waals surface area contributed by atoms with Crippen LogP contribution >= 0.6 is 0 Å². The van der Waals surface area contributed by atoms with Crippen LogP contribution in [0.2, 0.25) is 0 Å². The fourth-order valence-electron chi connectivity index (χ4n) is 2.82. The van der Waals surface area contributed by atoms with E-state index in [1.165, 1.54) is 32.1 Å². The van der Waals surface area contributed by atoms with E-state index < -0.39 is 6.17 Å². The third kappa shape index (κ3) is 1.57. The molecular formula is C10H17F. The van der Waals surface area contributed by atoms with Crippen molar-refractivity contribution >= 4 is 0 Å². The molecule has 1 heteroatoms. The van der Waals surface area contributed by atoms with Gasteiger partial charge in [0.1, 0.15) is 6.17 Å². The Kier molecular flexibility index (Phi) is 2.15. The fourth-order valence-corrected chi connectivity index (χ4v) is 2.82. The van der Waals surface area contributed by atoms with E-state index in [9.17, 15) is 4.39 Å². The fraction of sp³-hybridized carbons (Fsp3) is 1.00. The van der Waals surface area contributed by atoms with Gasteiger partial charge in [-0.2, -0.15) is 0 Å². The third-order valence-corrected chi connectivity index (χ3v) is 3.48. The van der Waals surface area contributed by atoms with Crippen LogP contribution in [-0.4, -0.2) is 6.17 Å². The average Bonchev–Trinajstić information content (AvgIpc) is 2.04. The number of alkyl halides is 1. The molecule has 0 bridgehead atoms. The van der Waals surface area contributed by atoms with Crippen LogP contribution in [-0.2, 0) is 0 Å². The molecule has 1 unspecified atom stereocenters. The molecule has 0 aliphatic heterocycles. The van der Waals surface area contributed by atoms with Crippen LogP contribution in [0.1, 0.15) is 44.9 Å². The number of halogens is 1. The van der Waals surface area contributed by atoms with Gasteiger partial charge >= 0.3 is 0 Å². The van der Waals surface area contributed by atoms with Crippen molar-refractivity contribution in [1.29, 1.82) is 0 Å². The Morgan fingerprint density at radius 1 is 0.818 bits per heavy atom. The molecular weight excluding hydrogens is 139 g/mol. The van der Waals surface area contributed by atoms with Gasteiger partial charge < -0.3 is 0 Å². The summed E-state index contributed by atoms with van der Waals surface area (Å²) in [7, 11) is 0. The van der Waals surface area contributed by atoms with Gasteiger partial charge in [-0.25, -0.2) is 4.39 Å². The number of rotatable bonds is 0. The summed E-state index contributed by atoms with van der Waals surface area (Å²) >= 11 is 0. The molecule has 2 saturated carbocycles. The van der Waals surface area contributed by atoms with Gasteiger partial charge in [-0.15, -0.1) is 0 Å². The van der Waals surface area contributed by atoms with Crippen molar-refractivity contribution in [2.24, 2.45) is 11.8 Å². The zero-order valence-corrected chi connectivity index (χ0v) is 7.06. The molecule has 2 rings (SSSR count). The summed E-state index contributed by atoms with van der Waals surface area (Å²) in [5.74, 6) is 1.66. The Labute approximate surface area is 68.2 Å².